The third-order valence-corrected chi connectivity index (χ3v) is 2.44. The first kappa shape index (κ1) is 9.27. The Hall–Kier alpha value is -0.820. The fourth-order valence-electron chi connectivity index (χ4n) is 1.26. The molecule has 0 radical (unpaired) electrons. The summed E-state index contributed by atoms with van der Waals surface area (Å²) in [5.41, 5.74) is 1.39. The zero-order chi connectivity index (χ0) is 8.97. The smallest absolute Gasteiger partial charge is 0.0316 e. The van der Waals surface area contributed by atoms with Crippen LogP contribution in [0.1, 0.15) is 25.5 Å². The van der Waals surface area contributed by atoms with E-state index in [1.54, 1.807) is 0 Å². The molecular formula is C11H17N. The van der Waals surface area contributed by atoms with Crippen molar-refractivity contribution >= 4 is 0 Å². The van der Waals surface area contributed by atoms with Crippen LogP contribution >= 0.6 is 0 Å². The van der Waals surface area contributed by atoms with Gasteiger partial charge in [-0.25, -0.2) is 0 Å². The third kappa shape index (κ3) is 2.08. The van der Waals surface area contributed by atoms with E-state index < -0.39 is 0 Å². The first-order valence-corrected chi connectivity index (χ1v) is 4.51. The van der Waals surface area contributed by atoms with Gasteiger partial charge in [-0.1, -0.05) is 37.3 Å². The largest absolute Gasteiger partial charge is 0.300 e. The molecule has 1 atom stereocenters. The van der Waals surface area contributed by atoms with E-state index in [4.69, 9.17) is 0 Å². The van der Waals surface area contributed by atoms with Gasteiger partial charge in [0.25, 0.3) is 0 Å². The minimum absolute atomic E-state index is 0.524. The maximum Gasteiger partial charge on any atom is 0.0316 e. The zero-order valence-electron chi connectivity index (χ0n) is 8.12. The van der Waals surface area contributed by atoms with Crippen LogP contribution in [0.25, 0.3) is 0 Å². The van der Waals surface area contributed by atoms with Gasteiger partial charge in [0, 0.05) is 6.04 Å². The second kappa shape index (κ2) is 4.27. The molecule has 0 aromatic heterocycles. The molecule has 1 aromatic rings. The summed E-state index contributed by atoms with van der Waals surface area (Å²) in [5.74, 6) is 0. The van der Waals surface area contributed by atoms with Crippen LogP contribution in [0.2, 0.25) is 0 Å². The molecule has 1 heteroatoms. The highest BCUT2D eigenvalue weighted by atomic mass is 15.1. The summed E-state index contributed by atoms with van der Waals surface area (Å²) in [6.45, 7) is 5.51. The summed E-state index contributed by atoms with van der Waals surface area (Å²) in [4.78, 5) is 2.33. The first-order valence-electron chi connectivity index (χ1n) is 4.51. The SMILES string of the molecule is CCN(C)[C@H](C)c1ccccc1. The van der Waals surface area contributed by atoms with Gasteiger partial charge in [-0.15, -0.1) is 0 Å². The minimum atomic E-state index is 0.524. The van der Waals surface area contributed by atoms with Gasteiger partial charge in [0.1, 0.15) is 0 Å². The van der Waals surface area contributed by atoms with Crippen LogP contribution < -0.4 is 0 Å². The van der Waals surface area contributed by atoms with Crippen LogP contribution in [0.5, 0.6) is 0 Å². The first-order chi connectivity index (χ1) is 5.75. The molecule has 0 heterocycles. The van der Waals surface area contributed by atoms with Crippen LogP contribution in [0, 0.1) is 0 Å². The van der Waals surface area contributed by atoms with Gasteiger partial charge in [0.2, 0.25) is 0 Å². The lowest BCUT2D eigenvalue weighted by molar-refractivity contribution is 0.276. The average Bonchev–Trinajstić information content (AvgIpc) is 2.17. The van der Waals surface area contributed by atoms with Crippen molar-refractivity contribution in [2.75, 3.05) is 13.6 Å². The fourth-order valence-corrected chi connectivity index (χ4v) is 1.26. The van der Waals surface area contributed by atoms with E-state index >= 15 is 0 Å². The monoisotopic (exact) mass is 163 g/mol. The van der Waals surface area contributed by atoms with E-state index in [9.17, 15) is 0 Å². The fraction of sp³-hybridized carbons (Fsp3) is 0.455. The van der Waals surface area contributed by atoms with Crippen LogP contribution in [0.3, 0.4) is 0 Å². The summed E-state index contributed by atoms with van der Waals surface area (Å²) in [6, 6.07) is 11.1. The maximum atomic E-state index is 2.33. The Balaban J connectivity index is 2.71. The highest BCUT2D eigenvalue weighted by Gasteiger charge is 2.07. The van der Waals surface area contributed by atoms with E-state index in [1.807, 2.05) is 0 Å². The summed E-state index contributed by atoms with van der Waals surface area (Å²) in [6.07, 6.45) is 0. The Labute approximate surface area is 75.0 Å². The third-order valence-electron chi connectivity index (χ3n) is 2.44. The maximum absolute atomic E-state index is 2.33. The Bertz CT molecular complexity index is 218. The molecule has 0 aliphatic heterocycles. The Morgan fingerprint density at radius 1 is 1.25 bits per heavy atom. The molecule has 1 nitrogen and oxygen atoms in total. The van der Waals surface area contributed by atoms with Gasteiger partial charge in [0.15, 0.2) is 0 Å². The number of nitrogens with zero attached hydrogens (tertiary/aromatic N) is 1. The second-order valence-electron chi connectivity index (χ2n) is 3.16. The minimum Gasteiger partial charge on any atom is -0.300 e. The van der Waals surface area contributed by atoms with Crippen molar-refractivity contribution in [1.29, 1.82) is 0 Å². The predicted molar refractivity (Wildman–Crippen MR) is 53.2 cm³/mol. The standard InChI is InChI=1S/C11H17N/c1-4-12(3)10(2)11-8-6-5-7-9-11/h5-10H,4H2,1-3H3/t10-/m1/s1. The Morgan fingerprint density at radius 3 is 2.33 bits per heavy atom. The van der Waals surface area contributed by atoms with Gasteiger partial charge in [0.05, 0.1) is 0 Å². The molecule has 0 aliphatic carbocycles. The van der Waals surface area contributed by atoms with Gasteiger partial charge in [-0.05, 0) is 26.1 Å². The topological polar surface area (TPSA) is 3.24 Å². The zero-order valence-corrected chi connectivity index (χ0v) is 8.12. The van der Waals surface area contributed by atoms with E-state index in [2.05, 4.69) is 56.1 Å². The lowest BCUT2D eigenvalue weighted by Crippen LogP contribution is -2.21. The predicted octanol–water partition coefficient (Wildman–Crippen LogP) is 2.70. The van der Waals surface area contributed by atoms with Crippen molar-refractivity contribution in [1.82, 2.24) is 4.90 Å². The number of benzene rings is 1. The summed E-state index contributed by atoms with van der Waals surface area (Å²) >= 11 is 0. The summed E-state index contributed by atoms with van der Waals surface area (Å²) in [5, 5.41) is 0. The molecule has 0 fully saturated rings. The quantitative estimate of drug-likeness (QED) is 0.662. The van der Waals surface area contributed by atoms with Crippen molar-refractivity contribution in [2.45, 2.75) is 19.9 Å². The molecular weight excluding hydrogens is 146 g/mol. The lowest BCUT2D eigenvalue weighted by Gasteiger charge is -2.23. The highest BCUT2D eigenvalue weighted by Crippen LogP contribution is 2.16. The van der Waals surface area contributed by atoms with Crippen molar-refractivity contribution in [2.24, 2.45) is 0 Å². The van der Waals surface area contributed by atoms with E-state index in [-0.39, 0.29) is 0 Å². The van der Waals surface area contributed by atoms with Gasteiger partial charge >= 0.3 is 0 Å². The van der Waals surface area contributed by atoms with Crippen molar-refractivity contribution in [3.05, 3.63) is 35.9 Å². The van der Waals surface area contributed by atoms with E-state index in [0.29, 0.717) is 6.04 Å². The highest BCUT2D eigenvalue weighted by molar-refractivity contribution is 5.17. The molecule has 0 saturated carbocycles. The Kier molecular flexibility index (Phi) is 3.30. The van der Waals surface area contributed by atoms with Crippen molar-refractivity contribution in [3.63, 3.8) is 0 Å². The van der Waals surface area contributed by atoms with E-state index in [1.165, 1.54) is 5.56 Å². The number of rotatable bonds is 3. The van der Waals surface area contributed by atoms with E-state index in [0.717, 1.165) is 6.54 Å². The molecule has 0 spiro atoms. The molecule has 1 rings (SSSR count). The van der Waals surface area contributed by atoms with Crippen LogP contribution in [0.4, 0.5) is 0 Å². The molecule has 0 amide bonds. The van der Waals surface area contributed by atoms with Crippen molar-refractivity contribution < 1.29 is 0 Å². The molecule has 0 saturated heterocycles. The van der Waals surface area contributed by atoms with Crippen LogP contribution in [-0.4, -0.2) is 18.5 Å². The van der Waals surface area contributed by atoms with Gasteiger partial charge in [-0.3, -0.25) is 4.90 Å². The lowest BCUT2D eigenvalue weighted by atomic mass is 10.1. The molecule has 12 heavy (non-hydrogen) atoms. The normalized spacial score (nSPS) is 13.3. The van der Waals surface area contributed by atoms with Crippen molar-refractivity contribution in [3.8, 4) is 0 Å². The number of hydrogen-bond donors (Lipinski definition) is 0. The molecule has 1 aromatic carbocycles. The summed E-state index contributed by atoms with van der Waals surface area (Å²) < 4.78 is 0. The molecule has 0 unspecified atom stereocenters. The van der Waals surface area contributed by atoms with Gasteiger partial charge < -0.3 is 0 Å². The second-order valence-corrected chi connectivity index (χ2v) is 3.16. The van der Waals surface area contributed by atoms with Gasteiger partial charge in [-0.2, -0.15) is 0 Å². The average molecular weight is 163 g/mol. The van der Waals surface area contributed by atoms with Crippen LogP contribution in [-0.2, 0) is 0 Å². The molecule has 66 valence electrons. The Morgan fingerprint density at radius 2 is 1.83 bits per heavy atom. The number of hydrogen-bond acceptors (Lipinski definition) is 1. The summed E-state index contributed by atoms with van der Waals surface area (Å²) in [7, 11) is 2.15. The molecule has 0 aliphatic rings. The van der Waals surface area contributed by atoms with Crippen LogP contribution in [0.15, 0.2) is 30.3 Å². The molecule has 0 bridgehead atoms. The molecule has 0 N–H and O–H groups in total.